The van der Waals surface area contributed by atoms with Crippen molar-refractivity contribution in [2.24, 2.45) is 0 Å². The maximum absolute atomic E-state index is 10.4. The van der Waals surface area contributed by atoms with Gasteiger partial charge in [-0.3, -0.25) is 4.57 Å². The normalized spacial score (nSPS) is 11.6. The number of phenols is 2. The minimum Gasteiger partial charge on any atom is -0.508 e. The Morgan fingerprint density at radius 2 is 1.89 bits per heavy atom. The number of rotatable bonds is 4. The second-order valence-corrected chi connectivity index (χ2v) is 7.19. The molecule has 0 saturated carbocycles. The smallest absolute Gasteiger partial charge is 0.226 e. The number of benzene rings is 2. The number of H-pyrrole nitrogens is 1. The van der Waals surface area contributed by atoms with Gasteiger partial charge in [-0.05, 0) is 42.2 Å². The quantitative estimate of drug-likeness (QED) is 0.428. The Morgan fingerprint density at radius 3 is 2.61 bits per heavy atom. The summed E-state index contributed by atoms with van der Waals surface area (Å²) in [6.07, 6.45) is 0.619. The lowest BCUT2D eigenvalue weighted by Gasteiger charge is -2.12. The van der Waals surface area contributed by atoms with Crippen LogP contribution in [0.4, 0.5) is 5.95 Å². The van der Waals surface area contributed by atoms with Crippen molar-refractivity contribution in [2.75, 3.05) is 5.73 Å². The Kier molecular flexibility index (Phi) is 4.22. The summed E-state index contributed by atoms with van der Waals surface area (Å²) >= 11 is 0. The van der Waals surface area contributed by atoms with Crippen molar-refractivity contribution < 1.29 is 10.2 Å². The highest BCUT2D eigenvalue weighted by molar-refractivity contribution is 5.90. The summed E-state index contributed by atoms with van der Waals surface area (Å²) in [5, 5.41) is 29.7. The molecule has 0 saturated heterocycles. The van der Waals surface area contributed by atoms with Crippen LogP contribution in [0, 0.1) is 0 Å². The van der Waals surface area contributed by atoms with Gasteiger partial charge in [-0.25, -0.2) is 0 Å². The molecule has 0 spiro atoms. The van der Waals surface area contributed by atoms with E-state index in [4.69, 9.17) is 5.73 Å². The molecular weight excluding hydrogens is 354 g/mol. The summed E-state index contributed by atoms with van der Waals surface area (Å²) in [7, 11) is 0. The average molecular weight is 377 g/mol. The summed E-state index contributed by atoms with van der Waals surface area (Å²) < 4.78 is 1.73. The van der Waals surface area contributed by atoms with Crippen molar-refractivity contribution in [1.82, 2.24) is 19.7 Å². The van der Waals surface area contributed by atoms with E-state index in [1.807, 2.05) is 25.1 Å². The molecule has 7 heteroatoms. The number of hydrogen-bond acceptors (Lipinski definition) is 5. The third kappa shape index (κ3) is 2.76. The van der Waals surface area contributed by atoms with Gasteiger partial charge < -0.3 is 20.9 Å². The predicted octanol–water partition coefficient (Wildman–Crippen LogP) is 4.09. The molecule has 2 aromatic heterocycles. The van der Waals surface area contributed by atoms with Crippen molar-refractivity contribution in [3.63, 3.8) is 0 Å². The molecule has 0 amide bonds. The minimum absolute atomic E-state index is 0.0529. The van der Waals surface area contributed by atoms with Crippen LogP contribution in [0.2, 0.25) is 0 Å². The van der Waals surface area contributed by atoms with Gasteiger partial charge in [0.25, 0.3) is 0 Å². The fraction of sp³-hybridized carbons (Fsp3) is 0.238. The van der Waals surface area contributed by atoms with E-state index in [0.717, 1.165) is 22.3 Å². The fourth-order valence-corrected chi connectivity index (χ4v) is 3.46. The molecule has 2 heterocycles. The number of aromatic nitrogens is 4. The van der Waals surface area contributed by atoms with Gasteiger partial charge in [-0.15, -0.1) is 10.2 Å². The first-order valence-electron chi connectivity index (χ1n) is 9.28. The zero-order valence-electron chi connectivity index (χ0n) is 16.1. The van der Waals surface area contributed by atoms with Gasteiger partial charge >= 0.3 is 0 Å². The second-order valence-electron chi connectivity index (χ2n) is 7.19. The summed E-state index contributed by atoms with van der Waals surface area (Å²) in [5.41, 5.74) is 10.3. The molecule has 0 radical (unpaired) electrons. The number of hydrogen-bond donors (Lipinski definition) is 4. The highest BCUT2D eigenvalue weighted by Crippen LogP contribution is 2.37. The number of phenolic OH excluding ortho intramolecular Hbond substituents is 2. The first-order chi connectivity index (χ1) is 13.4. The molecule has 28 heavy (non-hydrogen) atoms. The highest BCUT2D eigenvalue weighted by Gasteiger charge is 2.20. The summed E-state index contributed by atoms with van der Waals surface area (Å²) in [4.78, 5) is 3.44. The SMILES string of the molecule is CCc1cc(-c2nnc(N)n2-c2cccc3[nH]c(C(C)C)cc23)c(O)cc1O. The van der Waals surface area contributed by atoms with Crippen LogP contribution in [0.5, 0.6) is 11.5 Å². The molecule has 0 aliphatic carbocycles. The average Bonchev–Trinajstić information content (AvgIpc) is 3.25. The number of anilines is 1. The molecule has 5 N–H and O–H groups in total. The molecule has 4 rings (SSSR count). The third-order valence-electron chi connectivity index (χ3n) is 5.03. The minimum atomic E-state index is -0.0764. The van der Waals surface area contributed by atoms with Crippen LogP contribution in [0.1, 0.15) is 37.9 Å². The van der Waals surface area contributed by atoms with Gasteiger partial charge in [0.1, 0.15) is 11.5 Å². The number of nitrogens with two attached hydrogens (primary N) is 1. The molecule has 0 atom stereocenters. The maximum atomic E-state index is 10.4. The van der Waals surface area contributed by atoms with Crippen LogP contribution in [-0.4, -0.2) is 30.0 Å². The predicted molar refractivity (Wildman–Crippen MR) is 110 cm³/mol. The molecule has 0 fully saturated rings. The van der Waals surface area contributed by atoms with Crippen molar-refractivity contribution in [3.05, 3.63) is 47.7 Å². The lowest BCUT2D eigenvalue weighted by atomic mass is 10.1. The Bertz CT molecular complexity index is 1170. The van der Waals surface area contributed by atoms with Gasteiger partial charge in [0, 0.05) is 22.7 Å². The number of nitrogen functional groups attached to an aromatic ring is 1. The zero-order valence-corrected chi connectivity index (χ0v) is 16.1. The van der Waals surface area contributed by atoms with Crippen LogP contribution in [0.15, 0.2) is 36.4 Å². The standard InChI is InChI=1S/C21H23N5O2/c1-4-12-8-14(19(28)10-18(12)27)20-24-25-21(22)26(20)17-7-5-6-15-13(17)9-16(23-15)11(2)3/h5-11,23,27-28H,4H2,1-3H3,(H2,22,25). The Morgan fingerprint density at radius 1 is 1.11 bits per heavy atom. The van der Waals surface area contributed by atoms with E-state index in [0.29, 0.717) is 29.3 Å². The molecule has 7 nitrogen and oxygen atoms in total. The molecule has 4 aromatic rings. The number of aromatic amines is 1. The summed E-state index contributed by atoms with van der Waals surface area (Å²) in [6.45, 7) is 6.19. The van der Waals surface area contributed by atoms with Crippen molar-refractivity contribution >= 4 is 16.9 Å². The van der Waals surface area contributed by atoms with Crippen molar-refractivity contribution in [2.45, 2.75) is 33.1 Å². The van der Waals surface area contributed by atoms with Crippen LogP contribution < -0.4 is 5.73 Å². The number of nitrogens with one attached hydrogen (secondary N) is 1. The highest BCUT2D eigenvalue weighted by atomic mass is 16.3. The molecule has 0 aliphatic heterocycles. The first-order valence-corrected chi connectivity index (χ1v) is 9.28. The van der Waals surface area contributed by atoms with E-state index >= 15 is 0 Å². The van der Waals surface area contributed by atoms with Gasteiger partial charge in [-0.2, -0.15) is 0 Å². The monoisotopic (exact) mass is 377 g/mol. The van der Waals surface area contributed by atoms with Crippen molar-refractivity contribution in [1.29, 1.82) is 0 Å². The molecular formula is C21H23N5O2. The van der Waals surface area contributed by atoms with Gasteiger partial charge in [0.05, 0.1) is 11.3 Å². The van der Waals surface area contributed by atoms with Gasteiger partial charge in [-0.1, -0.05) is 26.8 Å². The van der Waals surface area contributed by atoms with Crippen LogP contribution >= 0.6 is 0 Å². The number of nitrogens with zero attached hydrogens (tertiary/aromatic N) is 3. The van der Waals surface area contributed by atoms with Crippen LogP contribution in [0.3, 0.4) is 0 Å². The van der Waals surface area contributed by atoms with Gasteiger partial charge in [0.15, 0.2) is 5.82 Å². The molecule has 0 aliphatic rings. The summed E-state index contributed by atoms with van der Waals surface area (Å²) in [6, 6.07) is 11.1. The molecule has 0 bridgehead atoms. The van der Waals surface area contributed by atoms with Crippen LogP contribution in [-0.2, 0) is 6.42 Å². The van der Waals surface area contributed by atoms with E-state index in [2.05, 4.69) is 35.1 Å². The molecule has 2 aromatic carbocycles. The lowest BCUT2D eigenvalue weighted by Crippen LogP contribution is -2.03. The van der Waals surface area contributed by atoms with Crippen LogP contribution in [0.25, 0.3) is 28.0 Å². The number of fused-ring (bicyclic) bond motifs is 1. The van der Waals surface area contributed by atoms with Crippen molar-refractivity contribution in [3.8, 4) is 28.6 Å². The summed E-state index contributed by atoms with van der Waals surface area (Å²) in [5.74, 6) is 0.973. The Hall–Kier alpha value is -3.48. The topological polar surface area (TPSA) is 113 Å². The van der Waals surface area contributed by atoms with E-state index in [-0.39, 0.29) is 17.4 Å². The molecule has 0 unspecified atom stereocenters. The Balaban J connectivity index is 1.98. The lowest BCUT2D eigenvalue weighted by molar-refractivity contribution is 0.447. The number of aryl methyl sites for hydroxylation is 1. The largest absolute Gasteiger partial charge is 0.508 e. The van der Waals surface area contributed by atoms with E-state index in [9.17, 15) is 10.2 Å². The van der Waals surface area contributed by atoms with E-state index in [1.54, 1.807) is 10.6 Å². The molecule has 144 valence electrons. The Labute approximate surface area is 162 Å². The second kappa shape index (κ2) is 6.60. The van der Waals surface area contributed by atoms with Gasteiger partial charge in [0.2, 0.25) is 5.95 Å². The fourth-order valence-electron chi connectivity index (χ4n) is 3.46. The number of aromatic hydroxyl groups is 2. The third-order valence-corrected chi connectivity index (χ3v) is 5.03. The maximum Gasteiger partial charge on any atom is 0.226 e. The zero-order chi connectivity index (χ0) is 20.0. The first kappa shape index (κ1) is 17.9. The van der Waals surface area contributed by atoms with E-state index < -0.39 is 0 Å². The van der Waals surface area contributed by atoms with E-state index in [1.165, 1.54) is 6.07 Å².